The van der Waals surface area contributed by atoms with Crippen molar-refractivity contribution < 1.29 is 4.79 Å². The third kappa shape index (κ3) is 4.41. The third-order valence-electron chi connectivity index (χ3n) is 4.67. The Balaban J connectivity index is 1.47. The number of hydrogen-bond acceptors (Lipinski definition) is 4. The van der Waals surface area contributed by atoms with Gasteiger partial charge < -0.3 is 10.2 Å². The standard InChI is InChI=1S/C15H26N2OS3/c18-14(16-10-13-11-19-8-9-20-13)17-6-7-21-15(12-17)4-2-1-3-5-15/h13H,1-12H2,(H,16,18)/t13-/m1/s1. The van der Waals surface area contributed by atoms with Gasteiger partial charge in [0.2, 0.25) is 0 Å². The van der Waals surface area contributed by atoms with Crippen molar-refractivity contribution >= 4 is 41.3 Å². The minimum absolute atomic E-state index is 0.177. The van der Waals surface area contributed by atoms with Crippen molar-refractivity contribution in [2.24, 2.45) is 0 Å². The lowest BCUT2D eigenvalue weighted by atomic mass is 9.87. The second-order valence-corrected chi connectivity index (χ2v) is 10.4. The molecule has 2 amide bonds. The van der Waals surface area contributed by atoms with Gasteiger partial charge in [-0.15, -0.1) is 0 Å². The molecule has 0 unspecified atom stereocenters. The number of amides is 2. The predicted molar refractivity (Wildman–Crippen MR) is 96.8 cm³/mol. The molecule has 3 rings (SSSR count). The first-order valence-electron chi connectivity index (χ1n) is 8.14. The van der Waals surface area contributed by atoms with E-state index in [2.05, 4.69) is 22.0 Å². The first-order chi connectivity index (χ1) is 10.3. The molecule has 6 heteroatoms. The number of carbonyl (C=O) groups is 1. The fraction of sp³-hybridized carbons (Fsp3) is 0.933. The van der Waals surface area contributed by atoms with Gasteiger partial charge in [0.15, 0.2) is 0 Å². The van der Waals surface area contributed by atoms with Gasteiger partial charge in [-0.25, -0.2) is 4.79 Å². The molecule has 3 nitrogen and oxygen atoms in total. The predicted octanol–water partition coefficient (Wildman–Crippen LogP) is 3.30. The SMILES string of the molecule is O=C(NC[C@@H]1CSCCS1)N1CCSC2(CCCCC2)C1. The second-order valence-electron chi connectivity index (χ2n) is 6.27. The van der Waals surface area contributed by atoms with Gasteiger partial charge in [-0.2, -0.15) is 35.3 Å². The molecule has 1 atom stereocenters. The fourth-order valence-corrected chi connectivity index (χ4v) is 7.67. The number of hydrogen-bond donors (Lipinski definition) is 1. The van der Waals surface area contributed by atoms with Crippen LogP contribution in [0.3, 0.4) is 0 Å². The first-order valence-corrected chi connectivity index (χ1v) is 11.3. The number of thioether (sulfide) groups is 3. The summed E-state index contributed by atoms with van der Waals surface area (Å²) in [5.41, 5.74) is 0. The van der Waals surface area contributed by atoms with Crippen molar-refractivity contribution in [1.82, 2.24) is 10.2 Å². The maximum Gasteiger partial charge on any atom is 0.317 e. The Morgan fingerprint density at radius 3 is 2.81 bits per heavy atom. The molecule has 2 aliphatic heterocycles. The first kappa shape index (κ1) is 16.2. The lowest BCUT2D eigenvalue weighted by Crippen LogP contribution is -2.53. The molecule has 1 spiro atoms. The van der Waals surface area contributed by atoms with Gasteiger partial charge in [0.25, 0.3) is 0 Å². The normalized spacial score (nSPS) is 29.3. The molecule has 21 heavy (non-hydrogen) atoms. The molecule has 0 aromatic rings. The van der Waals surface area contributed by atoms with E-state index in [-0.39, 0.29) is 6.03 Å². The van der Waals surface area contributed by atoms with Crippen LogP contribution in [-0.4, -0.2) is 63.6 Å². The highest BCUT2D eigenvalue weighted by molar-refractivity contribution is 8.06. The number of carbonyl (C=O) groups excluding carboxylic acids is 1. The summed E-state index contributed by atoms with van der Waals surface area (Å²) in [4.78, 5) is 14.5. The molecule has 0 aromatic carbocycles. The summed E-state index contributed by atoms with van der Waals surface area (Å²) in [5, 5.41) is 3.79. The largest absolute Gasteiger partial charge is 0.337 e. The van der Waals surface area contributed by atoms with Crippen molar-refractivity contribution in [2.75, 3.05) is 42.6 Å². The Morgan fingerprint density at radius 1 is 1.19 bits per heavy atom. The summed E-state index contributed by atoms with van der Waals surface area (Å²) in [6.07, 6.45) is 6.68. The average Bonchev–Trinajstić information content (AvgIpc) is 2.54. The Kier molecular flexibility index (Phi) is 5.96. The Labute approximate surface area is 141 Å². The summed E-state index contributed by atoms with van der Waals surface area (Å²) in [7, 11) is 0. The van der Waals surface area contributed by atoms with Crippen molar-refractivity contribution in [2.45, 2.75) is 42.1 Å². The number of urea groups is 1. The molecule has 0 radical (unpaired) electrons. The van der Waals surface area contributed by atoms with Crippen molar-refractivity contribution in [3.63, 3.8) is 0 Å². The smallest absolute Gasteiger partial charge is 0.317 e. The Morgan fingerprint density at radius 2 is 2.05 bits per heavy atom. The zero-order valence-corrected chi connectivity index (χ0v) is 15.1. The molecule has 0 bridgehead atoms. The maximum atomic E-state index is 12.5. The van der Waals surface area contributed by atoms with Crippen LogP contribution in [0.4, 0.5) is 4.79 Å². The van der Waals surface area contributed by atoms with Gasteiger partial charge in [0, 0.05) is 52.6 Å². The molecular formula is C15H26N2OS3. The van der Waals surface area contributed by atoms with Crippen molar-refractivity contribution in [3.8, 4) is 0 Å². The lowest BCUT2D eigenvalue weighted by Gasteiger charge is -2.44. The van der Waals surface area contributed by atoms with Crippen LogP contribution in [0.1, 0.15) is 32.1 Å². The van der Waals surface area contributed by atoms with Crippen LogP contribution < -0.4 is 5.32 Å². The molecule has 1 aliphatic carbocycles. The third-order valence-corrected chi connectivity index (χ3v) is 9.05. The molecule has 1 saturated carbocycles. The molecular weight excluding hydrogens is 320 g/mol. The van der Waals surface area contributed by atoms with E-state index in [0.29, 0.717) is 10.00 Å². The minimum atomic E-state index is 0.177. The Bertz CT molecular complexity index is 349. The number of rotatable bonds is 2. The molecule has 2 saturated heterocycles. The topological polar surface area (TPSA) is 32.3 Å². The Hall–Kier alpha value is 0.320. The molecule has 3 aliphatic rings. The molecule has 3 fully saturated rings. The van der Waals surface area contributed by atoms with Crippen LogP contribution in [0.2, 0.25) is 0 Å². The van der Waals surface area contributed by atoms with E-state index in [1.807, 2.05) is 23.5 Å². The van der Waals surface area contributed by atoms with Gasteiger partial charge in [-0.3, -0.25) is 0 Å². The van der Waals surface area contributed by atoms with E-state index in [9.17, 15) is 4.79 Å². The van der Waals surface area contributed by atoms with Gasteiger partial charge in [-0.05, 0) is 12.8 Å². The summed E-state index contributed by atoms with van der Waals surface area (Å²) in [6.45, 7) is 2.73. The van der Waals surface area contributed by atoms with E-state index in [4.69, 9.17) is 0 Å². The highest BCUT2D eigenvalue weighted by atomic mass is 32.2. The highest BCUT2D eigenvalue weighted by Gasteiger charge is 2.38. The fourth-order valence-electron chi connectivity index (χ4n) is 3.48. The minimum Gasteiger partial charge on any atom is -0.337 e. The van der Waals surface area contributed by atoms with Crippen LogP contribution in [0.5, 0.6) is 0 Å². The van der Waals surface area contributed by atoms with Crippen molar-refractivity contribution in [3.05, 3.63) is 0 Å². The number of nitrogens with zero attached hydrogens (tertiary/aromatic N) is 1. The van der Waals surface area contributed by atoms with Crippen LogP contribution in [0.25, 0.3) is 0 Å². The summed E-state index contributed by atoms with van der Waals surface area (Å²) < 4.78 is 0.378. The van der Waals surface area contributed by atoms with Crippen molar-refractivity contribution in [1.29, 1.82) is 0 Å². The zero-order chi connectivity index (χ0) is 14.5. The van der Waals surface area contributed by atoms with E-state index in [0.717, 1.165) is 25.4 Å². The highest BCUT2D eigenvalue weighted by Crippen LogP contribution is 2.42. The van der Waals surface area contributed by atoms with E-state index in [1.165, 1.54) is 49.4 Å². The zero-order valence-electron chi connectivity index (χ0n) is 12.6. The van der Waals surface area contributed by atoms with Gasteiger partial charge >= 0.3 is 6.03 Å². The van der Waals surface area contributed by atoms with Crippen LogP contribution in [-0.2, 0) is 0 Å². The number of nitrogens with one attached hydrogen (secondary N) is 1. The molecule has 1 N–H and O–H groups in total. The average molecular weight is 347 g/mol. The summed E-state index contributed by atoms with van der Waals surface area (Å²) >= 11 is 6.16. The summed E-state index contributed by atoms with van der Waals surface area (Å²) in [5.74, 6) is 4.79. The quantitative estimate of drug-likeness (QED) is 0.831. The van der Waals surface area contributed by atoms with Gasteiger partial charge in [0.05, 0.1) is 0 Å². The van der Waals surface area contributed by atoms with E-state index >= 15 is 0 Å². The molecule has 120 valence electrons. The van der Waals surface area contributed by atoms with Gasteiger partial charge in [0.1, 0.15) is 0 Å². The lowest BCUT2D eigenvalue weighted by molar-refractivity contribution is 0.185. The second kappa shape index (κ2) is 7.73. The molecule has 0 aromatic heterocycles. The van der Waals surface area contributed by atoms with E-state index in [1.54, 1.807) is 0 Å². The maximum absolute atomic E-state index is 12.5. The van der Waals surface area contributed by atoms with Crippen LogP contribution in [0, 0.1) is 0 Å². The van der Waals surface area contributed by atoms with E-state index < -0.39 is 0 Å². The summed E-state index contributed by atoms with van der Waals surface area (Å²) in [6, 6.07) is 0.177. The molecule has 2 heterocycles. The van der Waals surface area contributed by atoms with Crippen LogP contribution >= 0.6 is 35.3 Å². The van der Waals surface area contributed by atoms with Crippen LogP contribution in [0.15, 0.2) is 0 Å². The monoisotopic (exact) mass is 346 g/mol. The van der Waals surface area contributed by atoms with Gasteiger partial charge in [-0.1, -0.05) is 19.3 Å².